The van der Waals surface area contributed by atoms with E-state index in [9.17, 15) is 29.4 Å². The number of benzene rings is 3. The largest absolute Gasteiger partial charge is 0.366 e. The van der Waals surface area contributed by atoms with E-state index in [4.69, 9.17) is 24.3 Å². The Labute approximate surface area is 315 Å². The van der Waals surface area contributed by atoms with Crippen molar-refractivity contribution in [3.8, 4) is 24.7 Å². The quantitative estimate of drug-likeness (QED) is 0.161. The molecule has 282 valence electrons. The lowest BCUT2D eigenvalue weighted by Crippen LogP contribution is -2.58. The number of urea groups is 2. The molecule has 0 bridgehead atoms. The smallest absolute Gasteiger partial charge is 0.317 e. The highest BCUT2D eigenvalue weighted by molar-refractivity contribution is 5.94. The Morgan fingerprint density at radius 3 is 1.15 bits per heavy atom. The molecule has 8 N–H and O–H groups in total. The second-order valence-corrected chi connectivity index (χ2v) is 13.2. The van der Waals surface area contributed by atoms with Crippen molar-refractivity contribution in [2.24, 2.45) is 11.5 Å². The van der Waals surface area contributed by atoms with Crippen molar-refractivity contribution in [2.45, 2.75) is 37.4 Å². The summed E-state index contributed by atoms with van der Waals surface area (Å²) in [6.07, 6.45) is 11.6. The molecule has 0 aromatic heterocycles. The van der Waals surface area contributed by atoms with E-state index in [1.54, 1.807) is 9.80 Å². The van der Waals surface area contributed by atoms with Crippen LogP contribution in [0.25, 0.3) is 0 Å². The Morgan fingerprint density at radius 2 is 0.852 bits per heavy atom. The summed E-state index contributed by atoms with van der Waals surface area (Å²) in [5.74, 6) is 2.63. The van der Waals surface area contributed by atoms with Gasteiger partial charge in [0, 0.05) is 89.7 Å². The van der Waals surface area contributed by atoms with Crippen molar-refractivity contribution in [1.82, 2.24) is 30.2 Å². The van der Waals surface area contributed by atoms with Crippen molar-refractivity contribution in [3.05, 3.63) is 106 Å². The third-order valence-corrected chi connectivity index (χ3v) is 9.86. The lowest BCUT2D eigenvalue weighted by molar-refractivity contribution is -0.150. The molecule has 14 nitrogen and oxygen atoms in total. The van der Waals surface area contributed by atoms with Crippen LogP contribution in [0.15, 0.2) is 72.8 Å². The molecule has 2 unspecified atom stereocenters. The predicted molar refractivity (Wildman–Crippen MR) is 201 cm³/mol. The Bertz CT molecular complexity index is 1770. The highest BCUT2D eigenvalue weighted by Crippen LogP contribution is 2.35. The van der Waals surface area contributed by atoms with Gasteiger partial charge >= 0.3 is 12.1 Å². The number of amides is 6. The van der Waals surface area contributed by atoms with Gasteiger partial charge in [0.1, 0.15) is 0 Å². The summed E-state index contributed by atoms with van der Waals surface area (Å²) < 4.78 is 0. The van der Waals surface area contributed by atoms with Gasteiger partial charge < -0.3 is 51.9 Å². The number of hydrogen-bond donors (Lipinski definition) is 6. The molecule has 14 heteroatoms. The molecule has 2 aliphatic heterocycles. The lowest BCUT2D eigenvalue weighted by Gasteiger charge is -2.40. The highest BCUT2D eigenvalue weighted by Gasteiger charge is 2.49. The first kappa shape index (κ1) is 39.3. The molecule has 0 saturated carbocycles. The number of terminal acetylenes is 2. The van der Waals surface area contributed by atoms with E-state index in [1.807, 2.05) is 48.5 Å². The number of nitrogens with two attached hydrogens (primary N) is 2. The SMILES string of the molecule is C#CC(O)(C(=O)N1CCN(C(=O)NCc2ccc(CN)cc2)CC1)c1ccccc1C(O)(C#C)C(=O)N1CCN(C(=O)NCc2ccc(CN)cc2)CC1. The molecule has 5 rings (SSSR count). The van der Waals surface area contributed by atoms with E-state index < -0.39 is 23.0 Å². The Hall–Kier alpha value is -5.90. The summed E-state index contributed by atoms with van der Waals surface area (Å²) in [7, 11) is 0. The molecule has 2 saturated heterocycles. The number of rotatable bonds is 10. The molecule has 2 aliphatic rings. The number of carbonyl (C=O) groups is 4. The van der Waals surface area contributed by atoms with Gasteiger partial charge in [-0.05, 0) is 22.3 Å². The van der Waals surface area contributed by atoms with Crippen molar-refractivity contribution in [3.63, 3.8) is 0 Å². The first-order chi connectivity index (χ1) is 26.0. The molecule has 3 aromatic carbocycles. The molecule has 0 aliphatic carbocycles. The van der Waals surface area contributed by atoms with Gasteiger partial charge in [-0.15, -0.1) is 12.8 Å². The van der Waals surface area contributed by atoms with Crippen molar-refractivity contribution >= 4 is 23.9 Å². The second-order valence-electron chi connectivity index (χ2n) is 13.2. The van der Waals surface area contributed by atoms with Crippen LogP contribution in [0.2, 0.25) is 0 Å². The maximum atomic E-state index is 13.9. The first-order valence-corrected chi connectivity index (χ1v) is 17.7. The number of piperazine rings is 2. The normalized spacial score (nSPS) is 16.6. The van der Waals surface area contributed by atoms with E-state index in [2.05, 4.69) is 22.5 Å². The Morgan fingerprint density at radius 1 is 0.556 bits per heavy atom. The standard InChI is InChI=1S/C40H46N8O6/c1-3-39(53,35(49)45-17-21-47(22-18-45)37(51)43-27-31-13-9-29(25-41)10-14-31)33-7-5-6-8-34(33)40(54,4-2)36(50)46-19-23-48(24-20-46)38(52)44-28-32-15-11-30(26-42)12-16-32/h1-2,5-16,53-54H,17-28,41-42H2,(H,43,51)(H,44,52). The third-order valence-electron chi connectivity index (χ3n) is 9.86. The minimum Gasteiger partial charge on any atom is -0.366 e. The number of nitrogens with zero attached hydrogens (tertiary/aromatic N) is 4. The Kier molecular flexibility index (Phi) is 12.6. The van der Waals surface area contributed by atoms with Gasteiger partial charge in [0.15, 0.2) is 0 Å². The molecule has 2 heterocycles. The third kappa shape index (κ3) is 8.49. The van der Waals surface area contributed by atoms with E-state index >= 15 is 0 Å². The van der Waals surface area contributed by atoms with Gasteiger partial charge in [-0.2, -0.15) is 0 Å². The molecule has 0 spiro atoms. The van der Waals surface area contributed by atoms with Crippen LogP contribution in [0.1, 0.15) is 33.4 Å². The van der Waals surface area contributed by atoms with Crippen LogP contribution in [0, 0.1) is 24.7 Å². The zero-order valence-corrected chi connectivity index (χ0v) is 30.0. The molecule has 2 atom stereocenters. The molecule has 6 amide bonds. The summed E-state index contributed by atoms with van der Waals surface area (Å²) in [5.41, 5.74) is 9.43. The maximum Gasteiger partial charge on any atom is 0.317 e. The van der Waals surface area contributed by atoms with Crippen LogP contribution in [-0.4, -0.2) is 106 Å². The summed E-state index contributed by atoms with van der Waals surface area (Å²) in [6.45, 7) is 2.43. The number of nitrogens with one attached hydrogen (secondary N) is 2. The average Bonchev–Trinajstić information content (AvgIpc) is 3.24. The van der Waals surface area contributed by atoms with Crippen LogP contribution in [0.5, 0.6) is 0 Å². The van der Waals surface area contributed by atoms with E-state index in [1.165, 1.54) is 34.1 Å². The molecule has 3 aromatic rings. The van der Waals surface area contributed by atoms with Gasteiger partial charge in [0.25, 0.3) is 11.8 Å². The number of carbonyl (C=O) groups excluding carboxylic acids is 4. The lowest BCUT2D eigenvalue weighted by atomic mass is 9.81. The van der Waals surface area contributed by atoms with Crippen LogP contribution in [-0.2, 0) is 47.0 Å². The fourth-order valence-electron chi connectivity index (χ4n) is 6.47. The summed E-state index contributed by atoms with van der Waals surface area (Å²) in [5, 5.41) is 29.4. The van der Waals surface area contributed by atoms with E-state index in [-0.39, 0.29) is 75.5 Å². The minimum atomic E-state index is -2.61. The van der Waals surface area contributed by atoms with Gasteiger partial charge in [-0.25, -0.2) is 9.59 Å². The average molecular weight is 735 g/mol. The molecule has 2 fully saturated rings. The Balaban J connectivity index is 1.21. The fraction of sp³-hybridized carbons (Fsp3) is 0.350. The highest BCUT2D eigenvalue weighted by atomic mass is 16.3. The summed E-state index contributed by atoms with van der Waals surface area (Å²) in [4.78, 5) is 59.4. The van der Waals surface area contributed by atoms with Gasteiger partial charge in [0.05, 0.1) is 0 Å². The van der Waals surface area contributed by atoms with Crippen LogP contribution in [0.3, 0.4) is 0 Å². The molecular weight excluding hydrogens is 688 g/mol. The van der Waals surface area contributed by atoms with Crippen LogP contribution >= 0.6 is 0 Å². The van der Waals surface area contributed by atoms with Crippen LogP contribution in [0.4, 0.5) is 9.59 Å². The minimum absolute atomic E-state index is 0.0698. The predicted octanol–water partition coefficient (Wildman–Crippen LogP) is 0.354. The van der Waals surface area contributed by atoms with Crippen molar-refractivity contribution in [1.29, 1.82) is 0 Å². The van der Waals surface area contributed by atoms with Crippen molar-refractivity contribution < 1.29 is 29.4 Å². The zero-order valence-electron chi connectivity index (χ0n) is 30.0. The fourth-order valence-corrected chi connectivity index (χ4v) is 6.47. The van der Waals surface area contributed by atoms with Gasteiger partial charge in [0.2, 0.25) is 11.2 Å². The second kappa shape index (κ2) is 17.3. The number of aliphatic hydroxyl groups is 2. The first-order valence-electron chi connectivity index (χ1n) is 17.7. The topological polar surface area (TPSA) is 198 Å². The van der Waals surface area contributed by atoms with Gasteiger partial charge in [-0.3, -0.25) is 9.59 Å². The molecular formula is C40H46N8O6. The van der Waals surface area contributed by atoms with Crippen molar-refractivity contribution in [2.75, 3.05) is 52.4 Å². The van der Waals surface area contributed by atoms with E-state index in [0.29, 0.717) is 26.2 Å². The van der Waals surface area contributed by atoms with E-state index in [0.717, 1.165) is 22.3 Å². The van der Waals surface area contributed by atoms with Gasteiger partial charge in [-0.1, -0.05) is 84.6 Å². The number of hydrogen-bond acceptors (Lipinski definition) is 8. The molecule has 54 heavy (non-hydrogen) atoms. The maximum absolute atomic E-state index is 13.9. The summed E-state index contributed by atoms with van der Waals surface area (Å²) >= 11 is 0. The monoisotopic (exact) mass is 734 g/mol. The zero-order chi connectivity index (χ0) is 38.9. The van der Waals surface area contributed by atoms with Crippen LogP contribution < -0.4 is 22.1 Å². The summed E-state index contributed by atoms with van der Waals surface area (Å²) in [6, 6.07) is 20.2. The molecule has 0 radical (unpaired) electrons.